The average Bonchev–Trinajstić information content (AvgIpc) is 2.65. The topological polar surface area (TPSA) is 35.2 Å². The van der Waals surface area contributed by atoms with E-state index in [-0.39, 0.29) is 0 Å². The molecule has 0 atom stereocenters. The molecule has 0 aliphatic carbocycles. The maximum absolute atomic E-state index is 5.62. The first-order valence-electron chi connectivity index (χ1n) is 8.64. The fraction of sp³-hybridized carbons (Fsp3) is 0.273. The van der Waals surface area contributed by atoms with Crippen LogP contribution in [-0.2, 0) is 7.05 Å². The van der Waals surface area contributed by atoms with Crippen molar-refractivity contribution >= 4 is 0 Å². The number of aromatic nitrogens is 2. The molecule has 0 amide bonds. The molecule has 26 heavy (non-hydrogen) atoms. The summed E-state index contributed by atoms with van der Waals surface area (Å²) in [5, 5.41) is 0. The van der Waals surface area contributed by atoms with Gasteiger partial charge in [-0.15, -0.1) is 0 Å². The number of hydrogen-bond acceptors (Lipinski definition) is 3. The number of ether oxygens (including phenoxy) is 2. The lowest BCUT2D eigenvalue weighted by Gasteiger charge is -2.15. The van der Waals surface area contributed by atoms with E-state index in [1.807, 2.05) is 43.3 Å². The fourth-order valence-electron chi connectivity index (χ4n) is 3.43. The Bertz CT molecular complexity index is 965. The molecule has 3 rings (SSSR count). The minimum atomic E-state index is 0.823. The molecule has 0 aliphatic rings. The Morgan fingerprint density at radius 3 is 2.19 bits per heavy atom. The van der Waals surface area contributed by atoms with Crippen LogP contribution in [0.3, 0.4) is 0 Å². The number of benzene rings is 2. The third-order valence-corrected chi connectivity index (χ3v) is 4.86. The molecule has 0 radical (unpaired) electrons. The highest BCUT2D eigenvalue weighted by Gasteiger charge is 2.26. The number of rotatable bonds is 4. The van der Waals surface area contributed by atoms with Crippen LogP contribution in [0.25, 0.3) is 22.5 Å². The number of para-hydroxylation sites is 1. The Morgan fingerprint density at radius 1 is 0.846 bits per heavy atom. The van der Waals surface area contributed by atoms with Crippen LogP contribution in [0.15, 0.2) is 42.5 Å². The van der Waals surface area contributed by atoms with Gasteiger partial charge in [-0.1, -0.05) is 24.3 Å². The molecule has 0 saturated heterocycles. The second-order valence-electron chi connectivity index (χ2n) is 6.39. The van der Waals surface area contributed by atoms with Crippen LogP contribution in [0.1, 0.15) is 17.0 Å². The van der Waals surface area contributed by atoms with Crippen LogP contribution in [0.5, 0.6) is 11.5 Å². The Hall–Kier alpha value is -2.88. The molecule has 1 aromatic heterocycles. The van der Waals surface area contributed by atoms with Gasteiger partial charge in [0.25, 0.3) is 0 Å². The molecule has 0 fully saturated rings. The molecule has 0 aliphatic heterocycles. The normalized spacial score (nSPS) is 10.7. The molecule has 3 aromatic rings. The predicted octanol–water partition coefficient (Wildman–Crippen LogP) is 4.18. The van der Waals surface area contributed by atoms with Crippen molar-refractivity contribution in [1.29, 1.82) is 0 Å². The lowest BCUT2D eigenvalue weighted by atomic mass is 10.0. The zero-order valence-corrected chi connectivity index (χ0v) is 16.3. The highest BCUT2D eigenvalue weighted by Crippen LogP contribution is 2.35. The maximum Gasteiger partial charge on any atom is 0.237 e. The summed E-state index contributed by atoms with van der Waals surface area (Å²) in [6, 6.07) is 14.1. The van der Waals surface area contributed by atoms with Gasteiger partial charge in [0.05, 0.1) is 19.8 Å². The Labute approximate surface area is 155 Å². The van der Waals surface area contributed by atoms with E-state index >= 15 is 0 Å². The average molecular weight is 349 g/mol. The first kappa shape index (κ1) is 17.9. The van der Waals surface area contributed by atoms with Crippen LogP contribution in [0.2, 0.25) is 0 Å². The van der Waals surface area contributed by atoms with E-state index in [0.29, 0.717) is 0 Å². The summed E-state index contributed by atoms with van der Waals surface area (Å²) in [6.45, 7) is 6.22. The van der Waals surface area contributed by atoms with E-state index in [2.05, 4.69) is 31.5 Å². The molecular weight excluding hydrogens is 324 g/mol. The third kappa shape index (κ3) is 2.92. The molecular formula is C22H25N2O2+. The van der Waals surface area contributed by atoms with E-state index in [9.17, 15) is 0 Å². The minimum Gasteiger partial charge on any atom is -0.496 e. The van der Waals surface area contributed by atoms with Crippen molar-refractivity contribution in [3.63, 3.8) is 0 Å². The zero-order chi connectivity index (χ0) is 18.8. The van der Waals surface area contributed by atoms with Gasteiger partial charge in [-0.3, -0.25) is 0 Å². The largest absolute Gasteiger partial charge is 0.496 e. The van der Waals surface area contributed by atoms with Crippen molar-refractivity contribution in [3.8, 4) is 34.0 Å². The van der Waals surface area contributed by atoms with Crippen LogP contribution in [0.4, 0.5) is 0 Å². The molecule has 0 unspecified atom stereocenters. The molecule has 0 spiro atoms. The van der Waals surface area contributed by atoms with Crippen molar-refractivity contribution in [2.45, 2.75) is 20.8 Å². The number of methoxy groups -OCH3 is 2. The first-order valence-corrected chi connectivity index (χ1v) is 8.64. The second kappa shape index (κ2) is 7.16. The molecule has 4 nitrogen and oxygen atoms in total. The molecule has 4 heteroatoms. The third-order valence-electron chi connectivity index (χ3n) is 4.86. The van der Waals surface area contributed by atoms with Crippen LogP contribution >= 0.6 is 0 Å². The fourth-order valence-corrected chi connectivity index (χ4v) is 3.43. The van der Waals surface area contributed by atoms with Crippen LogP contribution in [-0.4, -0.2) is 19.2 Å². The lowest BCUT2D eigenvalue weighted by Crippen LogP contribution is -2.37. The Morgan fingerprint density at radius 2 is 1.50 bits per heavy atom. The maximum atomic E-state index is 5.62. The summed E-state index contributed by atoms with van der Waals surface area (Å²) in [4.78, 5) is 4.95. The number of nitrogens with zero attached hydrogens (tertiary/aromatic N) is 2. The van der Waals surface area contributed by atoms with E-state index in [1.54, 1.807) is 14.2 Å². The van der Waals surface area contributed by atoms with Crippen molar-refractivity contribution < 1.29 is 14.0 Å². The summed E-state index contributed by atoms with van der Waals surface area (Å²) in [5.74, 6) is 1.68. The molecule has 0 N–H and O–H groups in total. The van der Waals surface area contributed by atoms with Gasteiger partial charge in [0, 0.05) is 12.5 Å². The minimum absolute atomic E-state index is 0.823. The van der Waals surface area contributed by atoms with E-state index < -0.39 is 0 Å². The van der Waals surface area contributed by atoms with Crippen molar-refractivity contribution in [2.24, 2.45) is 7.05 Å². The van der Waals surface area contributed by atoms with Gasteiger partial charge >= 0.3 is 0 Å². The van der Waals surface area contributed by atoms with Gasteiger partial charge < -0.3 is 9.47 Å². The molecule has 0 saturated carbocycles. The van der Waals surface area contributed by atoms with Crippen molar-refractivity contribution in [1.82, 2.24) is 4.98 Å². The highest BCUT2D eigenvalue weighted by molar-refractivity contribution is 5.73. The van der Waals surface area contributed by atoms with Gasteiger partial charge in [-0.25, -0.2) is 4.98 Å². The summed E-state index contributed by atoms with van der Waals surface area (Å²) >= 11 is 0. The Balaban J connectivity index is 2.29. The van der Waals surface area contributed by atoms with Crippen molar-refractivity contribution in [3.05, 3.63) is 59.4 Å². The van der Waals surface area contributed by atoms with Gasteiger partial charge in [-0.05, 0) is 37.6 Å². The van der Waals surface area contributed by atoms with Gasteiger partial charge in [0.2, 0.25) is 11.4 Å². The van der Waals surface area contributed by atoms with E-state index in [0.717, 1.165) is 51.0 Å². The zero-order valence-electron chi connectivity index (χ0n) is 16.3. The summed E-state index contributed by atoms with van der Waals surface area (Å²) in [5.41, 5.74) is 7.25. The first-order chi connectivity index (χ1) is 12.5. The van der Waals surface area contributed by atoms with E-state index in [1.165, 1.54) is 0 Å². The van der Waals surface area contributed by atoms with Crippen LogP contribution < -0.4 is 14.0 Å². The summed E-state index contributed by atoms with van der Waals surface area (Å²) in [7, 11) is 5.47. The number of aryl methyl sites for hydroxylation is 2. The highest BCUT2D eigenvalue weighted by atomic mass is 16.5. The SMILES string of the molecule is COc1ccccc1-c1nc(C)c(-c2c(C)cccc2OC)[n+](C)c1C. The molecule has 0 bridgehead atoms. The monoisotopic (exact) mass is 349 g/mol. The summed E-state index contributed by atoms with van der Waals surface area (Å²) in [6.07, 6.45) is 0. The van der Waals surface area contributed by atoms with Gasteiger partial charge in [-0.2, -0.15) is 4.57 Å². The molecule has 1 heterocycles. The smallest absolute Gasteiger partial charge is 0.237 e. The Kier molecular flexibility index (Phi) is 4.94. The standard InChI is InChI=1S/C22H25N2O2/c1-14-10-9-13-19(26-6)20(14)22-15(2)23-21(16(3)24(22)4)17-11-7-8-12-18(17)25-5/h7-13H,1-6H3/q+1. The predicted molar refractivity (Wildman–Crippen MR) is 104 cm³/mol. The molecule has 2 aromatic carbocycles. The van der Waals surface area contributed by atoms with Crippen molar-refractivity contribution in [2.75, 3.05) is 14.2 Å². The number of hydrogen-bond donors (Lipinski definition) is 0. The van der Waals surface area contributed by atoms with Gasteiger partial charge in [0.1, 0.15) is 29.9 Å². The van der Waals surface area contributed by atoms with Gasteiger partial charge in [0.15, 0.2) is 0 Å². The molecule has 134 valence electrons. The van der Waals surface area contributed by atoms with Crippen LogP contribution in [0, 0.1) is 20.8 Å². The van der Waals surface area contributed by atoms with E-state index in [4.69, 9.17) is 14.5 Å². The lowest BCUT2D eigenvalue weighted by molar-refractivity contribution is -0.666. The quantitative estimate of drug-likeness (QED) is 0.663. The second-order valence-corrected chi connectivity index (χ2v) is 6.39. The summed E-state index contributed by atoms with van der Waals surface area (Å²) < 4.78 is 13.3.